The molecule has 1 N–H and O–H groups in total. The van der Waals surface area contributed by atoms with E-state index >= 15 is 0 Å². The highest BCUT2D eigenvalue weighted by atomic mass is 32.1. The van der Waals surface area contributed by atoms with Crippen molar-refractivity contribution in [2.24, 2.45) is 0 Å². The van der Waals surface area contributed by atoms with Crippen LogP contribution in [0, 0.1) is 0 Å². The van der Waals surface area contributed by atoms with Crippen molar-refractivity contribution in [2.75, 3.05) is 14.2 Å². The molecule has 0 amide bonds. The van der Waals surface area contributed by atoms with Gasteiger partial charge in [-0.15, -0.1) is 11.3 Å². The highest BCUT2D eigenvalue weighted by Gasteiger charge is 2.12. The maximum Gasteiger partial charge on any atom is 0.119 e. The van der Waals surface area contributed by atoms with E-state index in [1.165, 1.54) is 10.4 Å². The Morgan fingerprint density at radius 2 is 2.12 bits per heavy atom. The van der Waals surface area contributed by atoms with E-state index in [0.29, 0.717) is 0 Å². The van der Waals surface area contributed by atoms with Crippen LogP contribution >= 0.6 is 11.3 Å². The summed E-state index contributed by atoms with van der Waals surface area (Å²) >= 11 is 1.76. The molecular formula is C13H15NOS. The van der Waals surface area contributed by atoms with Gasteiger partial charge in [0.25, 0.3) is 0 Å². The molecule has 3 heteroatoms. The van der Waals surface area contributed by atoms with Gasteiger partial charge in [-0.25, -0.2) is 0 Å². The van der Waals surface area contributed by atoms with Crippen molar-refractivity contribution < 1.29 is 4.74 Å². The smallest absolute Gasteiger partial charge is 0.119 e. The number of nitrogens with one attached hydrogen (secondary N) is 1. The van der Waals surface area contributed by atoms with Gasteiger partial charge in [-0.1, -0.05) is 18.2 Å². The summed E-state index contributed by atoms with van der Waals surface area (Å²) in [5.41, 5.74) is 1.23. The van der Waals surface area contributed by atoms with Crippen molar-refractivity contribution >= 4 is 11.3 Å². The number of thiophene rings is 1. The molecule has 1 atom stereocenters. The van der Waals surface area contributed by atoms with Crippen molar-refractivity contribution in [3.05, 3.63) is 52.2 Å². The van der Waals surface area contributed by atoms with Crippen molar-refractivity contribution in [2.45, 2.75) is 6.04 Å². The summed E-state index contributed by atoms with van der Waals surface area (Å²) in [6.45, 7) is 0. The van der Waals surface area contributed by atoms with Crippen molar-refractivity contribution in [3.63, 3.8) is 0 Å². The lowest BCUT2D eigenvalue weighted by Crippen LogP contribution is -2.16. The maximum absolute atomic E-state index is 5.24. The van der Waals surface area contributed by atoms with Crippen molar-refractivity contribution in [1.82, 2.24) is 5.32 Å². The van der Waals surface area contributed by atoms with Crippen LogP contribution in [0.15, 0.2) is 41.8 Å². The molecule has 0 fully saturated rings. The number of ether oxygens (including phenoxy) is 1. The highest BCUT2D eigenvalue weighted by Crippen LogP contribution is 2.27. The van der Waals surface area contributed by atoms with Crippen LogP contribution in [0.25, 0.3) is 0 Å². The summed E-state index contributed by atoms with van der Waals surface area (Å²) in [6, 6.07) is 12.6. The zero-order chi connectivity index (χ0) is 11.4. The minimum Gasteiger partial charge on any atom is -0.497 e. The Morgan fingerprint density at radius 1 is 1.25 bits per heavy atom. The highest BCUT2D eigenvalue weighted by molar-refractivity contribution is 7.10. The van der Waals surface area contributed by atoms with Gasteiger partial charge in [-0.3, -0.25) is 0 Å². The molecule has 84 valence electrons. The summed E-state index contributed by atoms with van der Waals surface area (Å²) in [6.07, 6.45) is 0. The number of hydrogen-bond acceptors (Lipinski definition) is 3. The molecule has 0 radical (unpaired) electrons. The number of methoxy groups -OCH3 is 1. The van der Waals surface area contributed by atoms with Crippen LogP contribution in [0.3, 0.4) is 0 Å². The molecule has 2 rings (SSSR count). The van der Waals surface area contributed by atoms with Gasteiger partial charge in [-0.05, 0) is 36.2 Å². The molecule has 2 aromatic rings. The first-order valence-corrected chi connectivity index (χ1v) is 6.07. The van der Waals surface area contributed by atoms with Crippen LogP contribution in [0.2, 0.25) is 0 Å². The van der Waals surface area contributed by atoms with Crippen LogP contribution in [-0.2, 0) is 0 Å². The third kappa shape index (κ3) is 2.26. The average Bonchev–Trinajstić information content (AvgIpc) is 2.84. The largest absolute Gasteiger partial charge is 0.497 e. The number of rotatable bonds is 4. The van der Waals surface area contributed by atoms with E-state index < -0.39 is 0 Å². The van der Waals surface area contributed by atoms with Gasteiger partial charge >= 0.3 is 0 Å². The normalized spacial score (nSPS) is 12.4. The van der Waals surface area contributed by atoms with E-state index in [1.54, 1.807) is 18.4 Å². The zero-order valence-electron chi connectivity index (χ0n) is 9.44. The van der Waals surface area contributed by atoms with Crippen LogP contribution in [0.4, 0.5) is 0 Å². The monoisotopic (exact) mass is 233 g/mol. The van der Waals surface area contributed by atoms with E-state index in [0.717, 1.165) is 5.75 Å². The lowest BCUT2D eigenvalue weighted by molar-refractivity contribution is 0.414. The second-order valence-corrected chi connectivity index (χ2v) is 4.49. The van der Waals surface area contributed by atoms with E-state index in [4.69, 9.17) is 4.74 Å². The predicted molar refractivity (Wildman–Crippen MR) is 68.2 cm³/mol. The molecule has 0 bridgehead atoms. The number of benzene rings is 1. The molecular weight excluding hydrogens is 218 g/mol. The predicted octanol–water partition coefficient (Wildman–Crippen LogP) is 3.07. The lowest BCUT2D eigenvalue weighted by Gasteiger charge is -2.15. The van der Waals surface area contributed by atoms with Crippen LogP contribution in [0.5, 0.6) is 5.75 Å². The Morgan fingerprint density at radius 3 is 2.75 bits per heavy atom. The summed E-state index contributed by atoms with van der Waals surface area (Å²) in [4.78, 5) is 1.32. The first-order chi connectivity index (χ1) is 7.85. The van der Waals surface area contributed by atoms with E-state index in [2.05, 4.69) is 35.0 Å². The Labute approximate surface area is 99.9 Å². The third-order valence-corrected chi connectivity index (χ3v) is 3.48. The molecule has 0 aliphatic heterocycles. The minimum absolute atomic E-state index is 0.245. The molecule has 1 heterocycles. The van der Waals surface area contributed by atoms with Gasteiger partial charge in [0.1, 0.15) is 5.75 Å². The van der Waals surface area contributed by atoms with Crippen molar-refractivity contribution in [3.8, 4) is 5.75 Å². The van der Waals surface area contributed by atoms with Gasteiger partial charge < -0.3 is 10.1 Å². The Balaban J connectivity index is 2.33. The summed E-state index contributed by atoms with van der Waals surface area (Å²) in [7, 11) is 3.67. The van der Waals surface area contributed by atoms with Crippen LogP contribution in [0.1, 0.15) is 16.5 Å². The Hall–Kier alpha value is -1.32. The quantitative estimate of drug-likeness (QED) is 0.876. The molecule has 0 aliphatic rings. The molecule has 2 nitrogen and oxygen atoms in total. The van der Waals surface area contributed by atoms with Crippen LogP contribution in [-0.4, -0.2) is 14.2 Å². The molecule has 16 heavy (non-hydrogen) atoms. The maximum atomic E-state index is 5.24. The molecule has 0 spiro atoms. The first-order valence-electron chi connectivity index (χ1n) is 5.19. The van der Waals surface area contributed by atoms with E-state index in [1.807, 2.05) is 19.2 Å². The van der Waals surface area contributed by atoms with E-state index in [9.17, 15) is 0 Å². The topological polar surface area (TPSA) is 21.3 Å². The number of hydrogen-bond donors (Lipinski definition) is 1. The fourth-order valence-electron chi connectivity index (χ4n) is 1.75. The molecule has 0 saturated heterocycles. The SMILES string of the molecule is CNC(c1cccc(OC)c1)c1cccs1. The molecule has 0 aliphatic carbocycles. The van der Waals surface area contributed by atoms with Gasteiger partial charge in [0.2, 0.25) is 0 Å². The van der Waals surface area contributed by atoms with Gasteiger partial charge in [0.05, 0.1) is 13.2 Å². The Kier molecular flexibility index (Phi) is 3.59. The summed E-state index contributed by atoms with van der Waals surface area (Å²) in [5, 5.41) is 5.42. The first kappa shape index (κ1) is 11.2. The molecule has 0 saturated carbocycles. The van der Waals surface area contributed by atoms with Gasteiger partial charge in [0, 0.05) is 4.88 Å². The fraction of sp³-hybridized carbons (Fsp3) is 0.231. The second kappa shape index (κ2) is 5.14. The zero-order valence-corrected chi connectivity index (χ0v) is 10.3. The summed E-state index contributed by atoms with van der Waals surface area (Å²) < 4.78 is 5.24. The molecule has 1 unspecified atom stereocenters. The molecule has 1 aromatic carbocycles. The fourth-order valence-corrected chi connectivity index (χ4v) is 2.61. The third-order valence-electron chi connectivity index (χ3n) is 2.54. The Bertz CT molecular complexity index is 439. The average molecular weight is 233 g/mol. The lowest BCUT2D eigenvalue weighted by atomic mass is 10.1. The summed E-state index contributed by atoms with van der Waals surface area (Å²) in [5.74, 6) is 0.898. The second-order valence-electron chi connectivity index (χ2n) is 3.51. The van der Waals surface area contributed by atoms with Gasteiger partial charge in [-0.2, -0.15) is 0 Å². The van der Waals surface area contributed by atoms with Gasteiger partial charge in [0.15, 0.2) is 0 Å². The molecule has 1 aromatic heterocycles. The van der Waals surface area contributed by atoms with Crippen molar-refractivity contribution in [1.29, 1.82) is 0 Å². The van der Waals surface area contributed by atoms with Crippen LogP contribution < -0.4 is 10.1 Å². The standard InChI is InChI=1S/C13H15NOS/c1-14-13(12-7-4-8-16-12)10-5-3-6-11(9-10)15-2/h3-9,13-14H,1-2H3. The van der Waals surface area contributed by atoms with E-state index in [-0.39, 0.29) is 6.04 Å². The minimum atomic E-state index is 0.245.